The Morgan fingerprint density at radius 2 is 1.90 bits per heavy atom. The van der Waals surface area contributed by atoms with E-state index >= 15 is 4.39 Å². The number of anilines is 2. The van der Waals surface area contributed by atoms with Crippen molar-refractivity contribution in [2.45, 2.75) is 46.6 Å². The molecule has 1 aromatic carbocycles. The minimum Gasteiger partial charge on any atom is -0.496 e. The normalized spacial score (nSPS) is 16.8. The monoisotopic (exact) mass is 676 g/mol. The molecule has 0 spiro atoms. The third-order valence-corrected chi connectivity index (χ3v) is 9.60. The average molecular weight is 677 g/mol. The van der Waals surface area contributed by atoms with Crippen molar-refractivity contribution in [3.05, 3.63) is 69.0 Å². The van der Waals surface area contributed by atoms with Crippen LogP contribution in [0.15, 0.2) is 41.3 Å². The summed E-state index contributed by atoms with van der Waals surface area (Å²) in [4.78, 5) is 55.7. The van der Waals surface area contributed by atoms with Crippen molar-refractivity contribution < 1.29 is 23.8 Å². The standard InChI is InChI=1S/C35H38ClFN6O5/c1-18(2)26-28(19(3)11-12-38-26)43-31-20(15-21(36)27(39-31)25-22(37)9-8-10-24(25)48-7)29-30(33(43)45)40(6)32(44)23-16-41(13-14-42(23)29)17-35(4,5)34(46)47/h8-12,15,18,23H,13-14,16-17H2,1-7H3,(H,46,47)/t23-/m1/s1. The van der Waals surface area contributed by atoms with Crippen molar-refractivity contribution >= 4 is 45.9 Å². The Balaban J connectivity index is 1.67. The van der Waals surface area contributed by atoms with Gasteiger partial charge in [0.1, 0.15) is 23.3 Å². The van der Waals surface area contributed by atoms with Crippen molar-refractivity contribution in [1.82, 2.24) is 19.4 Å². The van der Waals surface area contributed by atoms with E-state index in [1.165, 1.54) is 28.7 Å². The molecule has 48 heavy (non-hydrogen) atoms. The number of fused-ring (bicyclic) bond motifs is 5. The lowest BCUT2D eigenvalue weighted by molar-refractivity contribution is -0.148. The Kier molecular flexibility index (Phi) is 8.45. The lowest BCUT2D eigenvalue weighted by Crippen LogP contribution is -2.64. The highest BCUT2D eigenvalue weighted by atomic mass is 35.5. The van der Waals surface area contributed by atoms with Crippen LogP contribution in [0, 0.1) is 18.2 Å². The van der Waals surface area contributed by atoms with E-state index in [-0.39, 0.29) is 58.3 Å². The van der Waals surface area contributed by atoms with E-state index in [1.807, 2.05) is 30.6 Å². The number of carbonyl (C=O) groups is 2. The number of rotatable bonds is 7. The maximum Gasteiger partial charge on any atom is 0.310 e. The molecule has 2 aliphatic rings. The maximum atomic E-state index is 15.5. The first-order chi connectivity index (χ1) is 22.7. The summed E-state index contributed by atoms with van der Waals surface area (Å²) >= 11 is 6.95. The summed E-state index contributed by atoms with van der Waals surface area (Å²) in [5.41, 5.74) is 1.44. The van der Waals surface area contributed by atoms with Crippen LogP contribution < -0.4 is 20.1 Å². The van der Waals surface area contributed by atoms with Gasteiger partial charge in [0, 0.05) is 44.8 Å². The average Bonchev–Trinajstić information content (AvgIpc) is 3.03. The number of ether oxygens (including phenoxy) is 1. The van der Waals surface area contributed by atoms with Crippen molar-refractivity contribution in [3.63, 3.8) is 0 Å². The van der Waals surface area contributed by atoms with E-state index in [0.717, 1.165) is 5.56 Å². The van der Waals surface area contributed by atoms with Crippen LogP contribution >= 0.6 is 11.6 Å². The molecule has 4 aromatic rings. The van der Waals surface area contributed by atoms with Gasteiger partial charge in [-0.15, -0.1) is 0 Å². The van der Waals surface area contributed by atoms with Crippen LogP contribution in [0.5, 0.6) is 5.75 Å². The summed E-state index contributed by atoms with van der Waals surface area (Å²) in [5.74, 6) is -1.67. The number of carboxylic acids is 1. The maximum absolute atomic E-state index is 15.5. The first kappa shape index (κ1) is 33.4. The van der Waals surface area contributed by atoms with E-state index < -0.39 is 28.8 Å². The molecule has 1 N–H and O–H groups in total. The quantitative estimate of drug-likeness (QED) is 0.280. The molecule has 0 saturated carbocycles. The summed E-state index contributed by atoms with van der Waals surface area (Å²) < 4.78 is 22.4. The number of benzene rings is 1. The summed E-state index contributed by atoms with van der Waals surface area (Å²) in [7, 11) is 3.00. The molecule has 11 nitrogen and oxygen atoms in total. The molecule has 0 bridgehead atoms. The van der Waals surface area contributed by atoms with Crippen molar-refractivity contribution in [2.24, 2.45) is 5.41 Å². The first-order valence-electron chi connectivity index (χ1n) is 15.8. The van der Waals surface area contributed by atoms with E-state index in [2.05, 4.69) is 4.98 Å². The largest absolute Gasteiger partial charge is 0.496 e. The summed E-state index contributed by atoms with van der Waals surface area (Å²) in [6.45, 7) is 10.4. The fourth-order valence-electron chi connectivity index (χ4n) is 6.84. The van der Waals surface area contributed by atoms with Gasteiger partial charge < -0.3 is 19.6 Å². The molecule has 0 unspecified atom stereocenters. The van der Waals surface area contributed by atoms with Gasteiger partial charge in [0.2, 0.25) is 0 Å². The number of aromatic nitrogens is 3. The number of piperazine rings is 1. The van der Waals surface area contributed by atoms with E-state index in [4.69, 9.17) is 21.3 Å². The highest BCUT2D eigenvalue weighted by molar-refractivity contribution is 6.34. The molecule has 13 heteroatoms. The van der Waals surface area contributed by atoms with E-state index in [0.29, 0.717) is 35.5 Å². The van der Waals surface area contributed by atoms with Crippen LogP contribution in [0.25, 0.3) is 28.0 Å². The summed E-state index contributed by atoms with van der Waals surface area (Å²) in [6.07, 6.45) is 1.69. The van der Waals surface area contributed by atoms with Gasteiger partial charge in [-0.05, 0) is 56.5 Å². The Bertz CT molecular complexity index is 2050. The number of pyridine rings is 3. The highest BCUT2D eigenvalue weighted by Gasteiger charge is 2.45. The number of amides is 1. The van der Waals surface area contributed by atoms with Gasteiger partial charge in [-0.1, -0.05) is 31.5 Å². The van der Waals surface area contributed by atoms with E-state index in [1.54, 1.807) is 45.3 Å². The van der Waals surface area contributed by atoms with Gasteiger partial charge in [-0.3, -0.25) is 28.8 Å². The molecule has 0 aliphatic carbocycles. The number of hydrogen-bond acceptors (Lipinski definition) is 8. The second-order valence-corrected chi connectivity index (χ2v) is 13.8. The predicted octanol–water partition coefficient (Wildman–Crippen LogP) is 5.26. The molecule has 1 amide bonds. The number of nitrogens with zero attached hydrogens (tertiary/aromatic N) is 6. The zero-order valence-electron chi connectivity index (χ0n) is 28.0. The van der Waals surface area contributed by atoms with Crippen molar-refractivity contribution in [3.8, 4) is 22.7 Å². The van der Waals surface area contributed by atoms with Crippen LogP contribution in [0.2, 0.25) is 5.02 Å². The number of halogens is 2. The van der Waals surface area contributed by atoms with E-state index in [9.17, 15) is 19.5 Å². The molecule has 6 rings (SSSR count). The van der Waals surface area contributed by atoms with Gasteiger partial charge in [0.05, 0.1) is 45.9 Å². The lowest BCUT2D eigenvalue weighted by Gasteiger charge is -2.48. The summed E-state index contributed by atoms with van der Waals surface area (Å²) in [6, 6.07) is 7.20. The molecule has 252 valence electrons. The number of carbonyl (C=O) groups excluding carboxylic acids is 1. The topological polar surface area (TPSA) is 121 Å². The van der Waals surface area contributed by atoms with Crippen LogP contribution in [-0.2, 0) is 9.59 Å². The number of carboxylic acid groups (broad SMARTS) is 1. The molecule has 1 saturated heterocycles. The highest BCUT2D eigenvalue weighted by Crippen LogP contribution is 2.44. The Labute approximate surface area is 282 Å². The number of hydrogen-bond donors (Lipinski definition) is 1. The Morgan fingerprint density at radius 3 is 2.56 bits per heavy atom. The summed E-state index contributed by atoms with van der Waals surface area (Å²) in [5, 5.41) is 10.4. The van der Waals surface area contributed by atoms with Crippen molar-refractivity contribution in [1.29, 1.82) is 0 Å². The molecule has 3 aromatic heterocycles. The minimum absolute atomic E-state index is 0.0513. The minimum atomic E-state index is -1.03. The molecular weight excluding hydrogens is 639 g/mol. The zero-order chi connectivity index (χ0) is 34.8. The fourth-order valence-corrected chi connectivity index (χ4v) is 7.09. The molecule has 1 atom stereocenters. The Morgan fingerprint density at radius 1 is 1.17 bits per heavy atom. The Hall–Kier alpha value is -4.55. The first-order valence-corrected chi connectivity index (χ1v) is 16.1. The third kappa shape index (κ3) is 5.27. The number of likely N-dealkylation sites (N-methyl/N-ethyl adjacent to an activating group) is 1. The number of aryl methyl sites for hydroxylation is 1. The van der Waals surface area contributed by atoms with Gasteiger partial charge in [0.25, 0.3) is 11.5 Å². The molecule has 0 radical (unpaired) electrons. The third-order valence-electron chi connectivity index (χ3n) is 9.31. The molecule has 5 heterocycles. The molecule has 2 aliphatic heterocycles. The van der Waals surface area contributed by atoms with Crippen molar-refractivity contribution in [2.75, 3.05) is 50.1 Å². The number of aliphatic carboxylic acids is 1. The van der Waals surface area contributed by atoms with Gasteiger partial charge >= 0.3 is 5.97 Å². The smallest absolute Gasteiger partial charge is 0.310 e. The molecular formula is C35H38ClFN6O5. The van der Waals surface area contributed by atoms with Crippen LogP contribution in [-0.4, -0.2) is 82.8 Å². The second kappa shape index (κ2) is 12.2. The zero-order valence-corrected chi connectivity index (χ0v) is 28.7. The van der Waals surface area contributed by atoms with Gasteiger partial charge in [0.15, 0.2) is 5.65 Å². The second-order valence-electron chi connectivity index (χ2n) is 13.4. The van der Waals surface area contributed by atoms with Crippen LogP contribution in [0.3, 0.4) is 0 Å². The van der Waals surface area contributed by atoms with Gasteiger partial charge in [-0.25, -0.2) is 9.37 Å². The van der Waals surface area contributed by atoms with Crippen LogP contribution in [0.4, 0.5) is 15.8 Å². The van der Waals surface area contributed by atoms with Gasteiger partial charge in [-0.2, -0.15) is 0 Å². The molecule has 1 fully saturated rings. The number of methoxy groups -OCH3 is 1. The predicted molar refractivity (Wildman–Crippen MR) is 183 cm³/mol. The fraction of sp³-hybridized carbons (Fsp3) is 0.400. The van der Waals surface area contributed by atoms with Crippen LogP contribution in [0.1, 0.15) is 44.9 Å². The lowest BCUT2D eigenvalue weighted by atomic mass is 9.92. The SMILES string of the molecule is COc1cccc(F)c1-c1nc2c(cc1Cl)c1c(c(=O)n2-c2c(C)ccnc2C(C)C)N(C)C(=O)[C@H]2CN(CC(C)(C)C(=O)O)CCN12.